The second-order valence-corrected chi connectivity index (χ2v) is 4.87. The molecular formula is C17H15FN2O. The summed E-state index contributed by atoms with van der Waals surface area (Å²) in [6.45, 7) is 3.82. The number of carbonyl (C=O) groups excluding carboxylic acids is 1. The van der Waals surface area contributed by atoms with Gasteiger partial charge < -0.3 is 5.32 Å². The summed E-state index contributed by atoms with van der Waals surface area (Å²) in [5.41, 5.74) is 3.00. The molecule has 0 aliphatic rings. The first-order chi connectivity index (χ1) is 10.0. The lowest BCUT2D eigenvalue weighted by molar-refractivity contribution is 0.0949. The van der Waals surface area contributed by atoms with Gasteiger partial charge in [0.05, 0.1) is 11.6 Å². The third-order valence-corrected chi connectivity index (χ3v) is 3.33. The first-order valence-electron chi connectivity index (χ1n) is 6.56. The minimum Gasteiger partial charge on any atom is -0.348 e. The second-order valence-electron chi connectivity index (χ2n) is 4.87. The molecule has 106 valence electrons. The molecule has 2 aromatic rings. The number of hydrogen-bond acceptors (Lipinski definition) is 2. The van der Waals surface area contributed by atoms with Gasteiger partial charge in [-0.3, -0.25) is 4.79 Å². The van der Waals surface area contributed by atoms with E-state index in [1.165, 1.54) is 18.2 Å². The molecule has 2 rings (SSSR count). The van der Waals surface area contributed by atoms with Crippen molar-refractivity contribution in [2.24, 2.45) is 0 Å². The number of halogens is 1. The Morgan fingerprint density at radius 2 is 1.90 bits per heavy atom. The van der Waals surface area contributed by atoms with Gasteiger partial charge in [-0.2, -0.15) is 5.26 Å². The van der Waals surface area contributed by atoms with E-state index in [2.05, 4.69) is 5.32 Å². The number of carbonyl (C=O) groups is 1. The summed E-state index contributed by atoms with van der Waals surface area (Å²) in [7, 11) is 0. The maximum Gasteiger partial charge on any atom is 0.252 e. The van der Waals surface area contributed by atoms with Gasteiger partial charge in [0.15, 0.2) is 0 Å². The first kappa shape index (κ1) is 14.7. The van der Waals surface area contributed by atoms with Gasteiger partial charge in [-0.1, -0.05) is 24.3 Å². The fourth-order valence-corrected chi connectivity index (χ4v) is 2.20. The van der Waals surface area contributed by atoms with Crippen molar-refractivity contribution in [2.75, 3.05) is 0 Å². The van der Waals surface area contributed by atoms with Gasteiger partial charge in [-0.15, -0.1) is 0 Å². The Kier molecular flexibility index (Phi) is 4.34. The van der Waals surface area contributed by atoms with Crippen LogP contribution in [0, 0.1) is 31.0 Å². The van der Waals surface area contributed by atoms with Gasteiger partial charge >= 0.3 is 0 Å². The van der Waals surface area contributed by atoms with Crippen molar-refractivity contribution in [3.8, 4) is 6.07 Å². The average molecular weight is 282 g/mol. The molecule has 0 saturated carbocycles. The van der Waals surface area contributed by atoms with Crippen molar-refractivity contribution in [3.63, 3.8) is 0 Å². The molecule has 0 spiro atoms. The standard InChI is InChI=1S/C17H15FN2O/c1-11-4-3-5-12(2)16(11)17(21)20-10-14-7-6-13(9-19)8-15(14)18/h3-8H,10H2,1-2H3,(H,20,21). The number of benzene rings is 2. The van der Waals surface area contributed by atoms with Crippen LogP contribution in [0.5, 0.6) is 0 Å². The van der Waals surface area contributed by atoms with Gasteiger partial charge in [-0.25, -0.2) is 4.39 Å². The summed E-state index contributed by atoms with van der Waals surface area (Å²) < 4.78 is 13.7. The van der Waals surface area contributed by atoms with E-state index in [4.69, 9.17) is 5.26 Å². The van der Waals surface area contributed by atoms with E-state index in [1.54, 1.807) is 0 Å². The van der Waals surface area contributed by atoms with E-state index in [0.717, 1.165) is 11.1 Å². The van der Waals surface area contributed by atoms with Crippen LogP contribution < -0.4 is 5.32 Å². The van der Waals surface area contributed by atoms with Crippen molar-refractivity contribution in [1.29, 1.82) is 5.26 Å². The predicted octanol–water partition coefficient (Wildman–Crippen LogP) is 3.24. The van der Waals surface area contributed by atoms with Gasteiger partial charge in [0.25, 0.3) is 5.91 Å². The van der Waals surface area contributed by atoms with Crippen molar-refractivity contribution in [3.05, 3.63) is 70.0 Å². The molecule has 0 bridgehead atoms. The molecule has 2 aromatic carbocycles. The van der Waals surface area contributed by atoms with Crippen LogP contribution in [0.4, 0.5) is 4.39 Å². The number of aryl methyl sites for hydroxylation is 2. The van der Waals surface area contributed by atoms with Gasteiger partial charge in [-0.05, 0) is 37.1 Å². The first-order valence-corrected chi connectivity index (χ1v) is 6.56. The molecule has 4 heteroatoms. The number of amides is 1. The highest BCUT2D eigenvalue weighted by Crippen LogP contribution is 2.14. The lowest BCUT2D eigenvalue weighted by Crippen LogP contribution is -2.25. The molecule has 0 radical (unpaired) electrons. The highest BCUT2D eigenvalue weighted by molar-refractivity contribution is 5.97. The zero-order chi connectivity index (χ0) is 15.4. The zero-order valence-corrected chi connectivity index (χ0v) is 11.9. The van der Waals surface area contributed by atoms with E-state index in [0.29, 0.717) is 11.1 Å². The smallest absolute Gasteiger partial charge is 0.252 e. The third-order valence-electron chi connectivity index (χ3n) is 3.33. The summed E-state index contributed by atoms with van der Waals surface area (Å²) in [6.07, 6.45) is 0. The molecule has 0 aromatic heterocycles. The monoisotopic (exact) mass is 282 g/mol. The topological polar surface area (TPSA) is 52.9 Å². The quantitative estimate of drug-likeness (QED) is 0.939. The van der Waals surface area contributed by atoms with E-state index in [-0.39, 0.29) is 18.0 Å². The van der Waals surface area contributed by atoms with Crippen LogP contribution in [0.15, 0.2) is 36.4 Å². The molecule has 3 nitrogen and oxygen atoms in total. The number of nitriles is 1. The molecule has 0 fully saturated rings. The molecule has 0 unspecified atom stereocenters. The van der Waals surface area contributed by atoms with Crippen molar-refractivity contribution >= 4 is 5.91 Å². The molecular weight excluding hydrogens is 267 g/mol. The summed E-state index contributed by atoms with van der Waals surface area (Å²) in [5, 5.41) is 11.4. The number of hydrogen-bond donors (Lipinski definition) is 1. The fourth-order valence-electron chi connectivity index (χ4n) is 2.20. The average Bonchev–Trinajstić information content (AvgIpc) is 2.45. The molecule has 1 N–H and O–H groups in total. The molecule has 0 aliphatic carbocycles. The van der Waals surface area contributed by atoms with Crippen LogP contribution in [0.25, 0.3) is 0 Å². The highest BCUT2D eigenvalue weighted by atomic mass is 19.1. The highest BCUT2D eigenvalue weighted by Gasteiger charge is 2.12. The normalized spacial score (nSPS) is 10.0. The summed E-state index contributed by atoms with van der Waals surface area (Å²) in [6, 6.07) is 11.7. The maximum absolute atomic E-state index is 13.7. The van der Waals surface area contributed by atoms with Crippen molar-refractivity contribution < 1.29 is 9.18 Å². The number of rotatable bonds is 3. The lowest BCUT2D eigenvalue weighted by atomic mass is 10.0. The van der Waals surface area contributed by atoms with Crippen LogP contribution in [-0.4, -0.2) is 5.91 Å². The van der Waals surface area contributed by atoms with E-state index in [9.17, 15) is 9.18 Å². The molecule has 21 heavy (non-hydrogen) atoms. The largest absolute Gasteiger partial charge is 0.348 e. The van der Waals surface area contributed by atoms with Gasteiger partial charge in [0.1, 0.15) is 5.82 Å². The van der Waals surface area contributed by atoms with Crippen LogP contribution in [-0.2, 0) is 6.54 Å². The maximum atomic E-state index is 13.7. The number of nitrogens with one attached hydrogen (secondary N) is 1. The summed E-state index contributed by atoms with van der Waals surface area (Å²) in [5.74, 6) is -0.717. The molecule has 0 atom stereocenters. The molecule has 1 amide bonds. The second kappa shape index (κ2) is 6.19. The lowest BCUT2D eigenvalue weighted by Gasteiger charge is -2.11. The predicted molar refractivity (Wildman–Crippen MR) is 78.2 cm³/mol. The van der Waals surface area contributed by atoms with Crippen molar-refractivity contribution in [1.82, 2.24) is 5.32 Å². The van der Waals surface area contributed by atoms with Crippen molar-refractivity contribution in [2.45, 2.75) is 20.4 Å². The Morgan fingerprint density at radius 1 is 1.24 bits per heavy atom. The van der Waals surface area contributed by atoms with Crippen LogP contribution >= 0.6 is 0 Å². The van der Waals surface area contributed by atoms with Crippen LogP contribution in [0.3, 0.4) is 0 Å². The van der Waals surface area contributed by atoms with E-state index >= 15 is 0 Å². The minimum absolute atomic E-state index is 0.0874. The minimum atomic E-state index is -0.490. The van der Waals surface area contributed by atoms with E-state index < -0.39 is 5.82 Å². The summed E-state index contributed by atoms with van der Waals surface area (Å²) in [4.78, 5) is 12.2. The summed E-state index contributed by atoms with van der Waals surface area (Å²) >= 11 is 0. The zero-order valence-electron chi connectivity index (χ0n) is 11.9. The Bertz CT molecular complexity index is 712. The molecule has 0 aliphatic heterocycles. The Balaban J connectivity index is 2.13. The SMILES string of the molecule is Cc1cccc(C)c1C(=O)NCc1ccc(C#N)cc1F. The molecule has 0 saturated heterocycles. The number of nitrogens with zero attached hydrogens (tertiary/aromatic N) is 1. The van der Waals surface area contributed by atoms with Crippen LogP contribution in [0.2, 0.25) is 0 Å². The Hall–Kier alpha value is -2.67. The van der Waals surface area contributed by atoms with Gasteiger partial charge in [0.2, 0.25) is 0 Å². The van der Waals surface area contributed by atoms with Gasteiger partial charge in [0, 0.05) is 17.7 Å². The Morgan fingerprint density at radius 3 is 2.48 bits per heavy atom. The third kappa shape index (κ3) is 3.26. The fraction of sp³-hybridized carbons (Fsp3) is 0.176. The van der Waals surface area contributed by atoms with E-state index in [1.807, 2.05) is 38.1 Å². The molecule has 0 heterocycles. The van der Waals surface area contributed by atoms with Crippen LogP contribution in [0.1, 0.15) is 32.6 Å². The Labute approximate surface area is 123 Å².